The van der Waals surface area contributed by atoms with Gasteiger partial charge in [-0.1, -0.05) is 33.3 Å². The van der Waals surface area contributed by atoms with E-state index in [0.717, 1.165) is 24.8 Å². The van der Waals surface area contributed by atoms with Crippen LogP contribution in [0.2, 0.25) is 0 Å². The van der Waals surface area contributed by atoms with E-state index in [1.54, 1.807) is 18.2 Å². The molecule has 0 amide bonds. The highest BCUT2D eigenvalue weighted by molar-refractivity contribution is 5.88. The van der Waals surface area contributed by atoms with Crippen LogP contribution in [0.4, 0.5) is 0 Å². The fourth-order valence-electron chi connectivity index (χ4n) is 3.81. The Morgan fingerprint density at radius 2 is 2.00 bits per heavy atom. The van der Waals surface area contributed by atoms with E-state index in [1.807, 2.05) is 6.07 Å². The molecule has 0 aromatic heterocycles. The number of ether oxygens (including phenoxy) is 4. The topological polar surface area (TPSA) is 71.1 Å². The minimum absolute atomic E-state index is 0.0980. The van der Waals surface area contributed by atoms with E-state index >= 15 is 0 Å². The fourth-order valence-corrected chi connectivity index (χ4v) is 3.81. The molecule has 0 spiro atoms. The summed E-state index contributed by atoms with van der Waals surface area (Å²) < 4.78 is 21.2. The molecule has 3 atom stereocenters. The summed E-state index contributed by atoms with van der Waals surface area (Å²) in [6.07, 6.45) is 5.88. The van der Waals surface area contributed by atoms with Gasteiger partial charge in [-0.25, -0.2) is 9.59 Å². The molecule has 0 saturated heterocycles. The number of hydrogen-bond donors (Lipinski definition) is 0. The van der Waals surface area contributed by atoms with Crippen molar-refractivity contribution < 1.29 is 28.5 Å². The summed E-state index contributed by atoms with van der Waals surface area (Å²) >= 11 is 0. The second-order valence-electron chi connectivity index (χ2n) is 7.91. The summed E-state index contributed by atoms with van der Waals surface area (Å²) in [5, 5.41) is 0. The van der Waals surface area contributed by atoms with Gasteiger partial charge < -0.3 is 18.9 Å². The van der Waals surface area contributed by atoms with E-state index < -0.39 is 11.9 Å². The highest BCUT2D eigenvalue weighted by atomic mass is 16.7. The molecular formula is C22H28O6. The zero-order chi connectivity index (χ0) is 20.1. The smallest absolute Gasteiger partial charge is 0.344 e. The minimum Gasteiger partial charge on any atom is -0.460 e. The molecule has 6 heteroatoms. The van der Waals surface area contributed by atoms with Crippen LogP contribution in [0.3, 0.4) is 0 Å². The van der Waals surface area contributed by atoms with Gasteiger partial charge >= 0.3 is 11.9 Å². The Morgan fingerprint density at radius 1 is 1.21 bits per heavy atom. The molecular weight excluding hydrogens is 360 g/mol. The highest BCUT2D eigenvalue weighted by Crippen LogP contribution is 2.35. The van der Waals surface area contributed by atoms with Crippen LogP contribution in [0, 0.1) is 17.8 Å². The second kappa shape index (κ2) is 9.13. The third kappa shape index (κ3) is 5.27. The van der Waals surface area contributed by atoms with Crippen LogP contribution in [0.25, 0.3) is 6.08 Å². The number of fused-ring (bicyclic) bond motifs is 1. The van der Waals surface area contributed by atoms with E-state index in [0.29, 0.717) is 29.3 Å². The summed E-state index contributed by atoms with van der Waals surface area (Å²) in [5.74, 6) is 1.60. The summed E-state index contributed by atoms with van der Waals surface area (Å²) in [6, 6.07) is 5.36. The number of hydrogen-bond acceptors (Lipinski definition) is 6. The lowest BCUT2D eigenvalue weighted by molar-refractivity contribution is -0.165. The van der Waals surface area contributed by atoms with Gasteiger partial charge in [-0.15, -0.1) is 0 Å². The second-order valence-corrected chi connectivity index (χ2v) is 7.91. The minimum atomic E-state index is -0.591. The van der Waals surface area contributed by atoms with Crippen molar-refractivity contribution in [3.63, 3.8) is 0 Å². The highest BCUT2D eigenvalue weighted by Gasteiger charge is 2.33. The fraction of sp³-hybridized carbons (Fsp3) is 0.545. The first-order valence-electron chi connectivity index (χ1n) is 9.86. The molecule has 1 aromatic rings. The third-order valence-corrected chi connectivity index (χ3v) is 5.38. The Labute approximate surface area is 165 Å². The first-order valence-corrected chi connectivity index (χ1v) is 9.86. The molecule has 1 heterocycles. The van der Waals surface area contributed by atoms with Crippen molar-refractivity contribution in [3.05, 3.63) is 29.8 Å². The van der Waals surface area contributed by atoms with Crippen LogP contribution < -0.4 is 9.47 Å². The van der Waals surface area contributed by atoms with Crippen LogP contribution in [0.1, 0.15) is 45.6 Å². The molecule has 1 fully saturated rings. The summed E-state index contributed by atoms with van der Waals surface area (Å²) in [5.41, 5.74) is 0.778. The maximum atomic E-state index is 12.1. The van der Waals surface area contributed by atoms with Gasteiger partial charge in [0.1, 0.15) is 6.10 Å². The van der Waals surface area contributed by atoms with Crippen molar-refractivity contribution in [2.45, 2.75) is 46.1 Å². The molecule has 1 aliphatic heterocycles. The van der Waals surface area contributed by atoms with Crippen molar-refractivity contribution >= 4 is 18.0 Å². The van der Waals surface area contributed by atoms with Crippen molar-refractivity contribution in [1.29, 1.82) is 0 Å². The molecule has 2 aliphatic rings. The first kappa shape index (κ1) is 20.2. The van der Waals surface area contributed by atoms with E-state index in [2.05, 4.69) is 20.8 Å². The van der Waals surface area contributed by atoms with E-state index in [1.165, 1.54) is 6.08 Å². The molecule has 28 heavy (non-hydrogen) atoms. The zero-order valence-electron chi connectivity index (χ0n) is 16.7. The molecule has 0 radical (unpaired) electrons. The van der Waals surface area contributed by atoms with Crippen LogP contribution in [0.15, 0.2) is 24.3 Å². The molecule has 0 N–H and O–H groups in total. The van der Waals surface area contributed by atoms with Gasteiger partial charge in [0.05, 0.1) is 0 Å². The molecule has 3 rings (SSSR count). The average Bonchev–Trinajstić information content (AvgIpc) is 3.12. The maximum absolute atomic E-state index is 12.1. The summed E-state index contributed by atoms with van der Waals surface area (Å²) in [6.45, 7) is 6.31. The van der Waals surface area contributed by atoms with Gasteiger partial charge in [-0.2, -0.15) is 0 Å². The summed E-state index contributed by atoms with van der Waals surface area (Å²) in [7, 11) is 0. The van der Waals surface area contributed by atoms with Crippen molar-refractivity contribution in [3.8, 4) is 11.5 Å². The van der Waals surface area contributed by atoms with Crippen LogP contribution in [-0.4, -0.2) is 31.4 Å². The van der Waals surface area contributed by atoms with Crippen molar-refractivity contribution in [1.82, 2.24) is 0 Å². The van der Waals surface area contributed by atoms with Gasteiger partial charge in [0.25, 0.3) is 0 Å². The standard InChI is InChI=1S/C22H28O6/c1-14(2)17-7-4-15(3)10-19(17)28-22(24)12-25-21(23)9-6-16-5-8-18-20(11-16)27-13-26-18/h5-6,8-9,11,14-15,17,19H,4,7,10,12-13H2,1-3H3/b9-6+/t15-,17+,19+/m0/s1. The Bertz CT molecular complexity index is 739. The lowest BCUT2D eigenvalue weighted by Gasteiger charge is -2.36. The third-order valence-electron chi connectivity index (χ3n) is 5.38. The molecule has 0 bridgehead atoms. The predicted octanol–water partition coefficient (Wildman–Crippen LogP) is 3.98. The first-order chi connectivity index (χ1) is 13.4. The quantitative estimate of drug-likeness (QED) is 0.542. The monoisotopic (exact) mass is 388 g/mol. The molecule has 6 nitrogen and oxygen atoms in total. The average molecular weight is 388 g/mol. The molecule has 1 saturated carbocycles. The van der Waals surface area contributed by atoms with E-state index in [4.69, 9.17) is 18.9 Å². The lowest BCUT2D eigenvalue weighted by Crippen LogP contribution is -2.36. The predicted molar refractivity (Wildman–Crippen MR) is 104 cm³/mol. The molecule has 152 valence electrons. The maximum Gasteiger partial charge on any atom is 0.344 e. The van der Waals surface area contributed by atoms with Crippen LogP contribution in [-0.2, 0) is 19.1 Å². The number of benzene rings is 1. The molecule has 1 aromatic carbocycles. The number of esters is 2. The van der Waals surface area contributed by atoms with E-state index in [9.17, 15) is 9.59 Å². The largest absolute Gasteiger partial charge is 0.460 e. The lowest BCUT2D eigenvalue weighted by atomic mass is 9.75. The Balaban J connectivity index is 1.46. The van der Waals surface area contributed by atoms with Crippen molar-refractivity contribution in [2.75, 3.05) is 13.4 Å². The summed E-state index contributed by atoms with van der Waals surface area (Å²) in [4.78, 5) is 24.0. The molecule has 0 unspecified atom stereocenters. The Kier molecular flexibility index (Phi) is 6.60. The normalized spacial score (nSPS) is 23.8. The number of rotatable bonds is 6. The molecule has 1 aliphatic carbocycles. The van der Waals surface area contributed by atoms with Gasteiger partial charge in [0.2, 0.25) is 6.79 Å². The van der Waals surface area contributed by atoms with Crippen LogP contribution in [0.5, 0.6) is 11.5 Å². The van der Waals surface area contributed by atoms with Gasteiger partial charge in [-0.3, -0.25) is 0 Å². The Morgan fingerprint density at radius 3 is 2.79 bits per heavy atom. The Hall–Kier alpha value is -2.50. The van der Waals surface area contributed by atoms with Gasteiger partial charge in [0, 0.05) is 6.08 Å². The zero-order valence-corrected chi connectivity index (χ0v) is 16.7. The number of carbonyl (C=O) groups excluding carboxylic acids is 2. The van der Waals surface area contributed by atoms with Gasteiger partial charge in [0.15, 0.2) is 18.1 Å². The van der Waals surface area contributed by atoms with Crippen LogP contribution >= 0.6 is 0 Å². The SMILES string of the molecule is CC(C)[C@H]1CC[C@H](C)C[C@H]1OC(=O)COC(=O)/C=C/c1ccc2c(c1)OCO2. The number of carbonyl (C=O) groups is 2. The van der Waals surface area contributed by atoms with Crippen molar-refractivity contribution in [2.24, 2.45) is 17.8 Å². The van der Waals surface area contributed by atoms with Gasteiger partial charge in [-0.05, 0) is 54.4 Å². The van der Waals surface area contributed by atoms with E-state index in [-0.39, 0.29) is 19.5 Å².